The molecular weight excluding hydrogens is 482 g/mol. The molecule has 1 atom stereocenters. The minimum Gasteiger partial charge on any atom is -0.493 e. The van der Waals surface area contributed by atoms with Gasteiger partial charge in [0.1, 0.15) is 11.5 Å². The molecule has 2 aromatic carbocycles. The van der Waals surface area contributed by atoms with Gasteiger partial charge in [0.15, 0.2) is 11.7 Å². The van der Waals surface area contributed by atoms with E-state index in [4.69, 9.17) is 21.7 Å². The standard InChI is InChI=1S/C22H26BrN3O4S/c1-4-14(3)15-6-9-17(10-7-15)30-13-20(27)25-26-22(31)24-21(28)18-12-16(23)8-11-19(18)29-5-2/h6-12,14H,4-5,13H2,1-3H3,(H,25,27)(H2,24,26,28,31). The van der Waals surface area contributed by atoms with Crippen molar-refractivity contribution in [1.82, 2.24) is 16.2 Å². The van der Waals surface area contributed by atoms with Gasteiger partial charge in [-0.25, -0.2) is 0 Å². The number of hydrogen-bond acceptors (Lipinski definition) is 5. The summed E-state index contributed by atoms with van der Waals surface area (Å²) in [5, 5.41) is 2.44. The summed E-state index contributed by atoms with van der Waals surface area (Å²) >= 11 is 8.39. The first kappa shape index (κ1) is 24.6. The summed E-state index contributed by atoms with van der Waals surface area (Å²) in [6, 6.07) is 12.7. The van der Waals surface area contributed by atoms with Gasteiger partial charge in [0.25, 0.3) is 11.8 Å². The smallest absolute Gasteiger partial charge is 0.276 e. The molecule has 166 valence electrons. The Hall–Kier alpha value is -2.65. The Labute approximate surface area is 196 Å². The van der Waals surface area contributed by atoms with Crippen molar-refractivity contribution < 1.29 is 19.1 Å². The molecule has 7 nitrogen and oxygen atoms in total. The molecule has 3 N–H and O–H groups in total. The molecule has 0 spiro atoms. The summed E-state index contributed by atoms with van der Waals surface area (Å²) < 4.78 is 11.7. The number of amides is 2. The maximum atomic E-state index is 12.5. The lowest BCUT2D eigenvalue weighted by Gasteiger charge is -2.14. The van der Waals surface area contributed by atoms with Gasteiger partial charge in [-0.05, 0) is 67.4 Å². The largest absolute Gasteiger partial charge is 0.493 e. The SMILES string of the molecule is CCOc1ccc(Br)cc1C(=O)NC(=S)NNC(=O)COc1ccc(C(C)CC)cc1. The average molecular weight is 508 g/mol. The van der Waals surface area contributed by atoms with Crippen molar-refractivity contribution >= 4 is 45.1 Å². The van der Waals surface area contributed by atoms with Gasteiger partial charge in [-0.2, -0.15) is 0 Å². The van der Waals surface area contributed by atoms with Crippen molar-refractivity contribution in [1.29, 1.82) is 0 Å². The molecule has 0 aliphatic heterocycles. The maximum absolute atomic E-state index is 12.5. The van der Waals surface area contributed by atoms with Crippen LogP contribution in [0.25, 0.3) is 0 Å². The van der Waals surface area contributed by atoms with Crippen LogP contribution in [0.1, 0.15) is 49.0 Å². The number of benzene rings is 2. The Morgan fingerprint density at radius 1 is 1.06 bits per heavy atom. The number of hydrazine groups is 1. The van der Waals surface area contributed by atoms with Crippen LogP contribution in [-0.2, 0) is 4.79 Å². The van der Waals surface area contributed by atoms with Crippen LogP contribution in [0.15, 0.2) is 46.9 Å². The molecule has 2 aromatic rings. The zero-order valence-corrected chi connectivity index (χ0v) is 20.1. The predicted molar refractivity (Wildman–Crippen MR) is 127 cm³/mol. The molecule has 31 heavy (non-hydrogen) atoms. The van der Waals surface area contributed by atoms with Crippen LogP contribution in [0.5, 0.6) is 11.5 Å². The Kier molecular flexibility index (Phi) is 9.74. The van der Waals surface area contributed by atoms with Gasteiger partial charge in [-0.3, -0.25) is 25.8 Å². The van der Waals surface area contributed by atoms with E-state index in [0.717, 1.165) is 10.9 Å². The van der Waals surface area contributed by atoms with E-state index in [2.05, 4.69) is 45.9 Å². The summed E-state index contributed by atoms with van der Waals surface area (Å²) in [5.41, 5.74) is 6.41. The van der Waals surface area contributed by atoms with E-state index >= 15 is 0 Å². The summed E-state index contributed by atoms with van der Waals surface area (Å²) in [6.07, 6.45) is 1.05. The zero-order chi connectivity index (χ0) is 22.8. The Balaban J connectivity index is 1.80. The molecule has 0 fully saturated rings. The van der Waals surface area contributed by atoms with E-state index in [9.17, 15) is 9.59 Å². The second-order valence-corrected chi connectivity index (χ2v) is 8.02. The van der Waals surface area contributed by atoms with E-state index in [1.165, 1.54) is 5.56 Å². The van der Waals surface area contributed by atoms with Crippen LogP contribution in [0.4, 0.5) is 0 Å². The number of rotatable bonds is 8. The second-order valence-electron chi connectivity index (χ2n) is 6.70. The predicted octanol–water partition coefficient (Wildman–Crippen LogP) is 4.08. The van der Waals surface area contributed by atoms with Crippen molar-refractivity contribution in [3.8, 4) is 11.5 Å². The molecule has 2 rings (SSSR count). The third kappa shape index (κ3) is 7.84. The molecule has 0 saturated carbocycles. The Morgan fingerprint density at radius 2 is 1.77 bits per heavy atom. The fourth-order valence-electron chi connectivity index (χ4n) is 2.60. The van der Waals surface area contributed by atoms with Crippen LogP contribution in [0.3, 0.4) is 0 Å². The van der Waals surface area contributed by atoms with Gasteiger partial charge in [0, 0.05) is 4.47 Å². The van der Waals surface area contributed by atoms with Gasteiger partial charge in [0.2, 0.25) is 0 Å². The zero-order valence-electron chi connectivity index (χ0n) is 17.7. The molecule has 0 bridgehead atoms. The first-order valence-electron chi connectivity index (χ1n) is 9.89. The van der Waals surface area contributed by atoms with E-state index in [0.29, 0.717) is 29.6 Å². The molecule has 1 unspecified atom stereocenters. The number of thiocarbonyl (C=S) groups is 1. The highest BCUT2D eigenvalue weighted by atomic mass is 79.9. The monoisotopic (exact) mass is 507 g/mol. The van der Waals surface area contributed by atoms with Gasteiger partial charge >= 0.3 is 0 Å². The van der Waals surface area contributed by atoms with Gasteiger partial charge in [0.05, 0.1) is 12.2 Å². The fraction of sp³-hybridized carbons (Fsp3) is 0.318. The minimum absolute atomic E-state index is 0.0568. The Bertz CT molecular complexity index is 921. The molecule has 2 amide bonds. The van der Waals surface area contributed by atoms with Crippen molar-refractivity contribution in [2.45, 2.75) is 33.1 Å². The first-order valence-corrected chi connectivity index (χ1v) is 11.1. The van der Waals surface area contributed by atoms with Crippen molar-refractivity contribution in [3.63, 3.8) is 0 Å². The van der Waals surface area contributed by atoms with Crippen molar-refractivity contribution in [3.05, 3.63) is 58.1 Å². The number of nitrogens with one attached hydrogen (secondary N) is 3. The number of halogens is 1. The topological polar surface area (TPSA) is 88.7 Å². The third-order valence-corrected chi connectivity index (χ3v) is 5.16. The molecule has 0 heterocycles. The summed E-state index contributed by atoms with van der Waals surface area (Å²) in [4.78, 5) is 24.5. The average Bonchev–Trinajstić information content (AvgIpc) is 2.77. The van der Waals surface area contributed by atoms with Crippen LogP contribution in [-0.4, -0.2) is 30.1 Å². The number of ether oxygens (including phenoxy) is 2. The van der Waals surface area contributed by atoms with Gasteiger partial charge < -0.3 is 9.47 Å². The van der Waals surface area contributed by atoms with E-state index in [-0.39, 0.29) is 11.7 Å². The van der Waals surface area contributed by atoms with Crippen LogP contribution < -0.4 is 25.6 Å². The number of carbonyl (C=O) groups excluding carboxylic acids is 2. The summed E-state index contributed by atoms with van der Waals surface area (Å²) in [6.45, 7) is 6.34. The maximum Gasteiger partial charge on any atom is 0.276 e. The van der Waals surface area contributed by atoms with E-state index in [1.807, 2.05) is 31.2 Å². The Morgan fingerprint density at radius 3 is 2.42 bits per heavy atom. The summed E-state index contributed by atoms with van der Waals surface area (Å²) in [7, 11) is 0. The van der Waals surface area contributed by atoms with E-state index in [1.54, 1.807) is 18.2 Å². The highest BCUT2D eigenvalue weighted by Gasteiger charge is 2.15. The highest BCUT2D eigenvalue weighted by Crippen LogP contribution is 2.23. The van der Waals surface area contributed by atoms with Crippen molar-refractivity contribution in [2.75, 3.05) is 13.2 Å². The molecule has 0 saturated heterocycles. The van der Waals surface area contributed by atoms with Crippen LogP contribution >= 0.6 is 28.1 Å². The summed E-state index contributed by atoms with van der Waals surface area (Å²) in [5.74, 6) is 0.590. The van der Waals surface area contributed by atoms with Crippen LogP contribution in [0, 0.1) is 0 Å². The molecule has 0 aromatic heterocycles. The lowest BCUT2D eigenvalue weighted by molar-refractivity contribution is -0.123. The molecule has 0 aliphatic carbocycles. The lowest BCUT2D eigenvalue weighted by Crippen LogP contribution is -2.49. The number of carbonyl (C=O) groups is 2. The molecule has 0 radical (unpaired) electrons. The fourth-order valence-corrected chi connectivity index (χ4v) is 3.11. The number of hydrogen-bond donors (Lipinski definition) is 3. The molecule has 0 aliphatic rings. The molecular formula is C22H26BrN3O4S. The van der Waals surface area contributed by atoms with Crippen LogP contribution in [0.2, 0.25) is 0 Å². The van der Waals surface area contributed by atoms with Gasteiger partial charge in [-0.1, -0.05) is 41.9 Å². The minimum atomic E-state index is -0.464. The second kappa shape index (κ2) is 12.3. The van der Waals surface area contributed by atoms with E-state index < -0.39 is 11.8 Å². The van der Waals surface area contributed by atoms with Gasteiger partial charge in [-0.15, -0.1) is 0 Å². The van der Waals surface area contributed by atoms with Crippen molar-refractivity contribution in [2.24, 2.45) is 0 Å². The normalized spacial score (nSPS) is 11.2. The lowest BCUT2D eigenvalue weighted by atomic mass is 9.99. The first-order chi connectivity index (χ1) is 14.8. The highest BCUT2D eigenvalue weighted by molar-refractivity contribution is 9.10. The molecule has 9 heteroatoms. The third-order valence-electron chi connectivity index (χ3n) is 4.46. The quantitative estimate of drug-likeness (QED) is 0.368.